The highest BCUT2D eigenvalue weighted by molar-refractivity contribution is 6.33. The standard InChI is InChI=1S/C17H9ClN2O3/c18-13-7-3-2-6-11(13)15-19-16(23-20-15)12-9-10-5-1-4-8-14(10)22-17(12)21/h1-9H. The summed E-state index contributed by atoms with van der Waals surface area (Å²) in [5.74, 6) is 0.414. The molecular formula is C17H9ClN2O3. The van der Waals surface area contributed by atoms with Crippen LogP contribution in [0.2, 0.25) is 5.02 Å². The highest BCUT2D eigenvalue weighted by Gasteiger charge is 2.17. The van der Waals surface area contributed by atoms with E-state index in [4.69, 9.17) is 20.5 Å². The van der Waals surface area contributed by atoms with Gasteiger partial charge in [-0.3, -0.25) is 0 Å². The maximum Gasteiger partial charge on any atom is 0.349 e. The molecule has 0 fully saturated rings. The van der Waals surface area contributed by atoms with Gasteiger partial charge in [0.1, 0.15) is 11.1 Å². The Hall–Kier alpha value is -2.92. The first-order valence-electron chi connectivity index (χ1n) is 6.84. The maximum absolute atomic E-state index is 12.1. The molecule has 0 N–H and O–H groups in total. The van der Waals surface area contributed by atoms with E-state index in [1.165, 1.54) is 0 Å². The minimum Gasteiger partial charge on any atom is -0.422 e. The molecule has 6 heteroatoms. The van der Waals surface area contributed by atoms with Gasteiger partial charge in [0.2, 0.25) is 5.82 Å². The van der Waals surface area contributed by atoms with Crippen LogP contribution in [0.25, 0.3) is 33.8 Å². The lowest BCUT2D eigenvalue weighted by molar-refractivity contribution is 0.429. The van der Waals surface area contributed by atoms with Gasteiger partial charge in [-0.1, -0.05) is 47.1 Å². The summed E-state index contributed by atoms with van der Waals surface area (Å²) in [4.78, 5) is 16.4. The first-order valence-corrected chi connectivity index (χ1v) is 7.22. The molecule has 0 saturated heterocycles. The normalized spacial score (nSPS) is 11.0. The number of para-hydroxylation sites is 1. The topological polar surface area (TPSA) is 69.1 Å². The number of hydrogen-bond acceptors (Lipinski definition) is 5. The molecule has 2 aromatic carbocycles. The smallest absolute Gasteiger partial charge is 0.349 e. The second kappa shape index (κ2) is 5.37. The van der Waals surface area contributed by atoms with Crippen LogP contribution >= 0.6 is 11.6 Å². The molecule has 23 heavy (non-hydrogen) atoms. The second-order valence-corrected chi connectivity index (χ2v) is 5.30. The average Bonchev–Trinajstić information content (AvgIpc) is 3.04. The number of aromatic nitrogens is 2. The Bertz CT molecular complexity index is 1070. The average molecular weight is 325 g/mol. The zero-order valence-electron chi connectivity index (χ0n) is 11.7. The van der Waals surface area contributed by atoms with Gasteiger partial charge in [-0.25, -0.2) is 4.79 Å². The fraction of sp³-hybridized carbons (Fsp3) is 0. The number of halogens is 1. The number of benzene rings is 2. The van der Waals surface area contributed by atoms with E-state index in [1.807, 2.05) is 24.3 Å². The van der Waals surface area contributed by atoms with Crippen molar-refractivity contribution in [1.82, 2.24) is 10.1 Å². The van der Waals surface area contributed by atoms with E-state index in [0.717, 1.165) is 5.39 Å². The first-order chi connectivity index (χ1) is 11.2. The van der Waals surface area contributed by atoms with Gasteiger partial charge in [0.05, 0.1) is 5.02 Å². The first kappa shape index (κ1) is 13.7. The summed E-state index contributed by atoms with van der Waals surface area (Å²) in [6.45, 7) is 0. The minimum atomic E-state index is -0.530. The van der Waals surface area contributed by atoms with E-state index in [1.54, 1.807) is 30.3 Å². The molecule has 0 amide bonds. The van der Waals surface area contributed by atoms with E-state index in [0.29, 0.717) is 22.0 Å². The van der Waals surface area contributed by atoms with Crippen molar-refractivity contribution in [3.63, 3.8) is 0 Å². The summed E-state index contributed by atoms with van der Waals surface area (Å²) in [6.07, 6.45) is 0. The third-order valence-corrected chi connectivity index (χ3v) is 3.74. The molecule has 0 aliphatic rings. The molecule has 0 aliphatic carbocycles. The van der Waals surface area contributed by atoms with Gasteiger partial charge in [-0.2, -0.15) is 4.98 Å². The van der Waals surface area contributed by atoms with E-state index in [2.05, 4.69) is 10.1 Å². The van der Waals surface area contributed by atoms with Gasteiger partial charge >= 0.3 is 5.63 Å². The number of nitrogens with zero attached hydrogens (tertiary/aromatic N) is 2. The van der Waals surface area contributed by atoms with Gasteiger partial charge in [0, 0.05) is 10.9 Å². The van der Waals surface area contributed by atoms with Gasteiger partial charge in [0.25, 0.3) is 5.89 Å². The Kier molecular flexibility index (Phi) is 3.20. The minimum absolute atomic E-state index is 0.0967. The zero-order chi connectivity index (χ0) is 15.8. The summed E-state index contributed by atoms with van der Waals surface area (Å²) in [6, 6.07) is 16.0. The van der Waals surface area contributed by atoms with Gasteiger partial charge < -0.3 is 8.94 Å². The molecule has 4 aromatic rings. The molecule has 0 bridgehead atoms. The second-order valence-electron chi connectivity index (χ2n) is 4.89. The van der Waals surface area contributed by atoms with Crippen molar-refractivity contribution >= 4 is 22.6 Å². The van der Waals surface area contributed by atoms with Crippen molar-refractivity contribution in [2.75, 3.05) is 0 Å². The molecule has 2 heterocycles. The molecule has 0 saturated carbocycles. The van der Waals surface area contributed by atoms with Crippen LogP contribution in [0.3, 0.4) is 0 Å². The van der Waals surface area contributed by atoms with Crippen molar-refractivity contribution in [3.8, 4) is 22.8 Å². The maximum atomic E-state index is 12.1. The molecule has 4 rings (SSSR count). The molecule has 0 spiro atoms. The third kappa shape index (κ3) is 2.41. The molecule has 0 atom stereocenters. The lowest BCUT2D eigenvalue weighted by Crippen LogP contribution is -2.02. The van der Waals surface area contributed by atoms with Crippen LogP contribution < -0.4 is 5.63 Å². The molecule has 2 aromatic heterocycles. The van der Waals surface area contributed by atoms with E-state index < -0.39 is 5.63 Å². The number of rotatable bonds is 2. The van der Waals surface area contributed by atoms with Crippen molar-refractivity contribution in [1.29, 1.82) is 0 Å². The van der Waals surface area contributed by atoms with Crippen LogP contribution in [0.5, 0.6) is 0 Å². The molecule has 0 radical (unpaired) electrons. The van der Waals surface area contributed by atoms with Crippen LogP contribution in [-0.4, -0.2) is 10.1 Å². The highest BCUT2D eigenvalue weighted by atomic mass is 35.5. The van der Waals surface area contributed by atoms with E-state index in [9.17, 15) is 4.79 Å². The van der Waals surface area contributed by atoms with Crippen LogP contribution in [0.4, 0.5) is 0 Å². The van der Waals surface area contributed by atoms with E-state index in [-0.39, 0.29) is 11.5 Å². The molecular weight excluding hydrogens is 316 g/mol. The summed E-state index contributed by atoms with van der Waals surface area (Å²) in [5, 5.41) is 5.18. The Morgan fingerprint density at radius 1 is 0.957 bits per heavy atom. The third-order valence-electron chi connectivity index (χ3n) is 3.41. The van der Waals surface area contributed by atoms with Crippen molar-refractivity contribution in [2.45, 2.75) is 0 Å². The summed E-state index contributed by atoms with van der Waals surface area (Å²) in [7, 11) is 0. The molecule has 5 nitrogen and oxygen atoms in total. The summed E-state index contributed by atoms with van der Waals surface area (Å²) >= 11 is 6.12. The molecule has 0 unspecified atom stereocenters. The van der Waals surface area contributed by atoms with Gasteiger partial charge in [-0.05, 0) is 24.3 Å². The quantitative estimate of drug-likeness (QED) is 0.518. The number of hydrogen-bond donors (Lipinski definition) is 0. The monoisotopic (exact) mass is 324 g/mol. The predicted molar refractivity (Wildman–Crippen MR) is 86.2 cm³/mol. The SMILES string of the molecule is O=c1oc2ccccc2cc1-c1nc(-c2ccccc2Cl)no1. The molecule has 112 valence electrons. The Morgan fingerprint density at radius 3 is 2.61 bits per heavy atom. The van der Waals surface area contributed by atoms with Crippen molar-refractivity contribution in [3.05, 3.63) is 70.0 Å². The van der Waals surface area contributed by atoms with Gasteiger partial charge in [0.15, 0.2) is 0 Å². The van der Waals surface area contributed by atoms with Crippen molar-refractivity contribution in [2.24, 2.45) is 0 Å². The lowest BCUT2D eigenvalue weighted by atomic mass is 10.2. The molecule has 0 aliphatic heterocycles. The van der Waals surface area contributed by atoms with Crippen LogP contribution in [-0.2, 0) is 0 Å². The van der Waals surface area contributed by atoms with E-state index >= 15 is 0 Å². The van der Waals surface area contributed by atoms with Crippen molar-refractivity contribution < 1.29 is 8.94 Å². The highest BCUT2D eigenvalue weighted by Crippen LogP contribution is 2.27. The Morgan fingerprint density at radius 2 is 1.74 bits per heavy atom. The fourth-order valence-electron chi connectivity index (χ4n) is 2.30. The van der Waals surface area contributed by atoms with Gasteiger partial charge in [-0.15, -0.1) is 0 Å². The Balaban J connectivity index is 1.85. The summed E-state index contributed by atoms with van der Waals surface area (Å²) < 4.78 is 10.5. The fourth-order valence-corrected chi connectivity index (χ4v) is 2.52. The van der Waals surface area contributed by atoms with Crippen LogP contribution in [0.1, 0.15) is 0 Å². The van der Waals surface area contributed by atoms with Crippen LogP contribution in [0, 0.1) is 0 Å². The zero-order valence-corrected chi connectivity index (χ0v) is 12.4. The van der Waals surface area contributed by atoms with Crippen LogP contribution in [0.15, 0.2) is 68.3 Å². The summed E-state index contributed by atoms with van der Waals surface area (Å²) in [5.41, 5.74) is 0.828. The largest absolute Gasteiger partial charge is 0.422 e. The Labute approximate surface area is 135 Å². The number of fused-ring (bicyclic) bond motifs is 1. The lowest BCUT2D eigenvalue weighted by Gasteiger charge is -1.98. The predicted octanol–water partition coefficient (Wildman–Crippen LogP) is 4.16.